The molecule has 0 radical (unpaired) electrons. The highest BCUT2D eigenvalue weighted by Crippen LogP contribution is 2.29. The van der Waals surface area contributed by atoms with Gasteiger partial charge in [-0.15, -0.1) is 0 Å². The smallest absolute Gasteiger partial charge is 0.410 e. The Labute approximate surface area is 170 Å². The maximum absolute atomic E-state index is 12.3. The van der Waals surface area contributed by atoms with E-state index in [4.69, 9.17) is 4.74 Å². The third-order valence-electron chi connectivity index (χ3n) is 4.92. The summed E-state index contributed by atoms with van der Waals surface area (Å²) in [7, 11) is -1.84. The van der Waals surface area contributed by atoms with Crippen LogP contribution >= 0.6 is 0 Å². The molecule has 1 saturated heterocycles. The Hall–Kier alpha value is -2.43. The molecule has 2 aliphatic rings. The van der Waals surface area contributed by atoms with Gasteiger partial charge >= 0.3 is 6.09 Å². The molecule has 0 aromatic carbocycles. The van der Waals surface area contributed by atoms with E-state index in [0.29, 0.717) is 43.0 Å². The molecule has 3 rings (SSSR count). The van der Waals surface area contributed by atoms with E-state index in [1.54, 1.807) is 11.9 Å². The molecule has 10 nitrogen and oxygen atoms in total. The molecular formula is C18H27N5O5S. The van der Waals surface area contributed by atoms with Crippen LogP contribution in [0.3, 0.4) is 0 Å². The van der Waals surface area contributed by atoms with Gasteiger partial charge in [0.25, 0.3) is 5.91 Å². The molecule has 29 heavy (non-hydrogen) atoms. The van der Waals surface area contributed by atoms with Crippen LogP contribution in [0.2, 0.25) is 0 Å². The average molecular weight is 426 g/mol. The number of nitrogens with one attached hydrogen (secondary N) is 1. The minimum Gasteiger partial charge on any atom is -0.444 e. The maximum Gasteiger partial charge on any atom is 0.410 e. The van der Waals surface area contributed by atoms with Crippen molar-refractivity contribution in [3.63, 3.8) is 0 Å². The largest absolute Gasteiger partial charge is 0.444 e. The fourth-order valence-electron chi connectivity index (χ4n) is 3.44. The van der Waals surface area contributed by atoms with Crippen molar-refractivity contribution < 1.29 is 22.7 Å². The number of anilines is 1. The molecule has 1 aromatic heterocycles. The first-order valence-electron chi connectivity index (χ1n) is 9.47. The van der Waals surface area contributed by atoms with Gasteiger partial charge in [-0.05, 0) is 33.6 Å². The first-order chi connectivity index (χ1) is 13.4. The van der Waals surface area contributed by atoms with Crippen LogP contribution in [0.1, 0.15) is 49.7 Å². The van der Waals surface area contributed by atoms with Crippen molar-refractivity contribution in [3.05, 3.63) is 11.3 Å². The van der Waals surface area contributed by atoms with Gasteiger partial charge in [0.15, 0.2) is 0 Å². The number of carbonyl (C=O) groups is 2. The van der Waals surface area contributed by atoms with Crippen LogP contribution in [0.4, 0.5) is 10.6 Å². The lowest BCUT2D eigenvalue weighted by Gasteiger charge is -2.38. The molecule has 2 aliphatic heterocycles. The maximum atomic E-state index is 12.3. The zero-order valence-corrected chi connectivity index (χ0v) is 18.2. The summed E-state index contributed by atoms with van der Waals surface area (Å²) in [4.78, 5) is 36.3. The van der Waals surface area contributed by atoms with E-state index in [2.05, 4.69) is 15.3 Å². The van der Waals surface area contributed by atoms with Crippen LogP contribution < -0.4 is 10.2 Å². The number of sulfone groups is 1. The Kier molecular flexibility index (Phi) is 5.46. The number of nitrogens with zero attached hydrogens (tertiary/aromatic N) is 4. The molecular weight excluding hydrogens is 398 g/mol. The summed E-state index contributed by atoms with van der Waals surface area (Å²) >= 11 is 0. The van der Waals surface area contributed by atoms with Crippen LogP contribution in [0.25, 0.3) is 0 Å². The Morgan fingerprint density at radius 2 is 1.86 bits per heavy atom. The van der Waals surface area contributed by atoms with Crippen molar-refractivity contribution in [3.8, 4) is 0 Å². The second-order valence-electron chi connectivity index (χ2n) is 8.42. The standard InChI is InChI=1S/C18H27N5O5S/c1-18(2,3)28-17(25)23-8-6-11(7-9-23)22(4)14-13-12(10-19-15(13)24)20-16(21-14)29(5,26)27/h11H,6-10H2,1-5H3,(H,19,24). The normalized spacial score (nSPS) is 17.7. The third kappa shape index (κ3) is 4.60. The second kappa shape index (κ2) is 7.43. The predicted molar refractivity (Wildman–Crippen MR) is 106 cm³/mol. The number of hydrogen-bond acceptors (Lipinski definition) is 8. The number of rotatable bonds is 3. The Balaban J connectivity index is 1.80. The summed E-state index contributed by atoms with van der Waals surface area (Å²) in [6.07, 6.45) is 1.98. The Morgan fingerprint density at radius 3 is 2.41 bits per heavy atom. The summed E-state index contributed by atoms with van der Waals surface area (Å²) in [5, 5.41) is 2.38. The van der Waals surface area contributed by atoms with Crippen molar-refractivity contribution in [2.45, 2.75) is 57.0 Å². The van der Waals surface area contributed by atoms with Gasteiger partial charge in [0.05, 0.1) is 12.2 Å². The number of aromatic nitrogens is 2. The van der Waals surface area contributed by atoms with Crippen LogP contribution in [-0.4, -0.2) is 73.3 Å². The third-order valence-corrected chi connectivity index (χ3v) is 5.76. The molecule has 1 fully saturated rings. The summed E-state index contributed by atoms with van der Waals surface area (Å²) in [5.41, 5.74) is 0.148. The van der Waals surface area contributed by atoms with Gasteiger partial charge in [-0.25, -0.2) is 23.2 Å². The fourth-order valence-corrected chi connectivity index (χ4v) is 3.97. The van der Waals surface area contributed by atoms with Gasteiger partial charge in [-0.3, -0.25) is 4.79 Å². The fraction of sp³-hybridized carbons (Fsp3) is 0.667. The van der Waals surface area contributed by atoms with Crippen LogP contribution in [0.15, 0.2) is 5.16 Å². The number of fused-ring (bicyclic) bond motifs is 1. The first-order valence-corrected chi connectivity index (χ1v) is 11.4. The molecule has 1 N–H and O–H groups in total. The van der Waals surface area contributed by atoms with Crippen molar-refractivity contribution >= 4 is 27.7 Å². The van der Waals surface area contributed by atoms with Crippen LogP contribution in [0, 0.1) is 0 Å². The Bertz CT molecular complexity index is 933. The molecule has 0 saturated carbocycles. The summed E-state index contributed by atoms with van der Waals surface area (Å²) in [6.45, 7) is 6.66. The van der Waals surface area contributed by atoms with E-state index in [1.807, 2.05) is 25.7 Å². The van der Waals surface area contributed by atoms with E-state index in [-0.39, 0.29) is 29.7 Å². The monoisotopic (exact) mass is 425 g/mol. The van der Waals surface area contributed by atoms with E-state index in [9.17, 15) is 18.0 Å². The van der Waals surface area contributed by atoms with Gasteiger partial charge in [-0.1, -0.05) is 0 Å². The van der Waals surface area contributed by atoms with Crippen molar-refractivity contribution in [1.29, 1.82) is 0 Å². The van der Waals surface area contributed by atoms with Gasteiger partial charge in [0, 0.05) is 32.4 Å². The number of piperidine rings is 1. The minimum absolute atomic E-state index is 0.00602. The lowest BCUT2D eigenvalue weighted by molar-refractivity contribution is 0.0205. The lowest BCUT2D eigenvalue weighted by atomic mass is 10.0. The Morgan fingerprint density at radius 1 is 1.24 bits per heavy atom. The van der Waals surface area contributed by atoms with E-state index in [0.717, 1.165) is 6.26 Å². The van der Waals surface area contributed by atoms with Gasteiger partial charge in [0.2, 0.25) is 15.0 Å². The number of likely N-dealkylation sites (tertiary alicyclic amines) is 1. The zero-order valence-electron chi connectivity index (χ0n) is 17.4. The molecule has 11 heteroatoms. The minimum atomic E-state index is -3.62. The summed E-state index contributed by atoms with van der Waals surface area (Å²) in [6, 6.07) is -0.00602. The van der Waals surface area contributed by atoms with Gasteiger partial charge in [-0.2, -0.15) is 0 Å². The van der Waals surface area contributed by atoms with Crippen molar-refractivity contribution in [2.24, 2.45) is 0 Å². The first kappa shape index (κ1) is 21.3. The molecule has 160 valence electrons. The number of hydrogen-bond donors (Lipinski definition) is 1. The van der Waals surface area contributed by atoms with Crippen molar-refractivity contribution in [1.82, 2.24) is 20.2 Å². The highest BCUT2D eigenvalue weighted by atomic mass is 32.2. The SMILES string of the molecule is CN(c1nc(S(C)(=O)=O)nc2c1C(=O)NC2)C1CCN(C(=O)OC(C)(C)C)CC1. The topological polar surface area (TPSA) is 122 Å². The number of ether oxygens (including phenoxy) is 1. The molecule has 0 unspecified atom stereocenters. The molecule has 0 aliphatic carbocycles. The molecule has 0 bridgehead atoms. The highest BCUT2D eigenvalue weighted by molar-refractivity contribution is 7.90. The van der Waals surface area contributed by atoms with Crippen LogP contribution in [0.5, 0.6) is 0 Å². The van der Waals surface area contributed by atoms with Crippen LogP contribution in [-0.2, 0) is 21.1 Å². The molecule has 0 atom stereocenters. The highest BCUT2D eigenvalue weighted by Gasteiger charge is 2.34. The van der Waals surface area contributed by atoms with E-state index < -0.39 is 15.4 Å². The predicted octanol–water partition coefficient (Wildman–Crippen LogP) is 0.959. The molecule has 0 spiro atoms. The van der Waals surface area contributed by atoms with Gasteiger partial charge < -0.3 is 19.9 Å². The number of amides is 2. The summed E-state index contributed by atoms with van der Waals surface area (Å²) in [5.74, 6) is -0.00534. The van der Waals surface area contributed by atoms with E-state index in [1.165, 1.54) is 0 Å². The quantitative estimate of drug-likeness (QED) is 0.711. The second-order valence-corrected chi connectivity index (χ2v) is 10.3. The van der Waals surface area contributed by atoms with Crippen molar-refractivity contribution in [2.75, 3.05) is 31.3 Å². The zero-order chi connectivity index (χ0) is 21.6. The van der Waals surface area contributed by atoms with Gasteiger partial charge in [0.1, 0.15) is 17.0 Å². The van der Waals surface area contributed by atoms with E-state index >= 15 is 0 Å². The molecule has 3 heterocycles. The molecule has 2 amide bonds. The molecule has 1 aromatic rings. The summed E-state index contributed by atoms with van der Waals surface area (Å²) < 4.78 is 29.4. The lowest BCUT2D eigenvalue weighted by Crippen LogP contribution is -2.47. The average Bonchev–Trinajstić information content (AvgIpc) is 2.99. The number of carbonyl (C=O) groups excluding carboxylic acids is 2.